The largest absolute Gasteiger partial charge is 0.322 e. The lowest BCUT2D eigenvalue weighted by Crippen LogP contribution is -2.07. The summed E-state index contributed by atoms with van der Waals surface area (Å²) in [5.41, 5.74) is 1.66. The topological polar surface area (TPSA) is 42.0 Å². The average molecular weight is 176 g/mol. The average Bonchev–Trinajstić information content (AvgIpc) is 2.04. The van der Waals surface area contributed by atoms with Gasteiger partial charge < -0.3 is 5.32 Å². The Bertz CT molecular complexity index is 331. The van der Waals surface area contributed by atoms with E-state index in [0.29, 0.717) is 0 Å². The van der Waals surface area contributed by atoms with E-state index in [9.17, 15) is 4.79 Å². The molecular formula is C10H12N2O. The van der Waals surface area contributed by atoms with Gasteiger partial charge in [0.25, 0.3) is 0 Å². The summed E-state index contributed by atoms with van der Waals surface area (Å²) < 4.78 is 0. The number of allylic oxidation sites excluding steroid dienone is 1. The fourth-order valence-corrected chi connectivity index (χ4v) is 0.959. The number of hydrogen-bond donors (Lipinski definition) is 1. The van der Waals surface area contributed by atoms with E-state index in [1.165, 1.54) is 6.08 Å². The number of anilines is 1. The third-order valence-corrected chi connectivity index (χ3v) is 1.48. The molecule has 1 N–H and O–H groups in total. The lowest BCUT2D eigenvalue weighted by molar-refractivity contribution is -0.111. The number of nitrogens with one attached hydrogen (secondary N) is 1. The van der Waals surface area contributed by atoms with Crippen LogP contribution in [0.1, 0.15) is 12.6 Å². The zero-order valence-corrected chi connectivity index (χ0v) is 7.74. The standard InChI is InChI=1S/C10H12N2O/c1-3-4-10(13)12-9-5-6-11-8(2)7-9/h3-7H,1-2H3,(H,11,12,13). The molecule has 0 aliphatic carbocycles. The molecule has 0 bridgehead atoms. The van der Waals surface area contributed by atoms with Crippen molar-refractivity contribution in [3.8, 4) is 0 Å². The molecule has 0 radical (unpaired) electrons. The van der Waals surface area contributed by atoms with Crippen LogP contribution >= 0.6 is 0 Å². The van der Waals surface area contributed by atoms with Gasteiger partial charge in [-0.2, -0.15) is 0 Å². The molecule has 3 nitrogen and oxygen atoms in total. The zero-order valence-electron chi connectivity index (χ0n) is 7.74. The van der Waals surface area contributed by atoms with Gasteiger partial charge in [-0.15, -0.1) is 0 Å². The molecule has 0 saturated carbocycles. The number of carbonyl (C=O) groups is 1. The third-order valence-electron chi connectivity index (χ3n) is 1.48. The number of carbonyl (C=O) groups excluding carboxylic acids is 1. The summed E-state index contributed by atoms with van der Waals surface area (Å²) in [6.45, 7) is 3.68. The van der Waals surface area contributed by atoms with E-state index in [1.54, 1.807) is 25.3 Å². The maximum absolute atomic E-state index is 11.1. The smallest absolute Gasteiger partial charge is 0.248 e. The minimum absolute atomic E-state index is 0.117. The Morgan fingerprint density at radius 3 is 3.00 bits per heavy atom. The van der Waals surface area contributed by atoms with Gasteiger partial charge in [0.05, 0.1) is 0 Å². The van der Waals surface area contributed by atoms with E-state index in [0.717, 1.165) is 11.4 Å². The van der Waals surface area contributed by atoms with Crippen molar-refractivity contribution in [3.05, 3.63) is 36.2 Å². The van der Waals surface area contributed by atoms with Crippen molar-refractivity contribution in [1.82, 2.24) is 4.98 Å². The van der Waals surface area contributed by atoms with Crippen molar-refractivity contribution >= 4 is 11.6 Å². The minimum Gasteiger partial charge on any atom is -0.322 e. The van der Waals surface area contributed by atoms with Gasteiger partial charge in [0.1, 0.15) is 0 Å². The molecule has 68 valence electrons. The van der Waals surface area contributed by atoms with E-state index in [-0.39, 0.29) is 5.91 Å². The van der Waals surface area contributed by atoms with Crippen LogP contribution in [0.15, 0.2) is 30.5 Å². The highest BCUT2D eigenvalue weighted by Crippen LogP contribution is 2.06. The van der Waals surface area contributed by atoms with E-state index in [2.05, 4.69) is 10.3 Å². The van der Waals surface area contributed by atoms with Crippen LogP contribution in [0.4, 0.5) is 5.69 Å². The van der Waals surface area contributed by atoms with Gasteiger partial charge in [-0.05, 0) is 32.1 Å². The second-order valence-corrected chi connectivity index (χ2v) is 2.68. The molecule has 3 heteroatoms. The van der Waals surface area contributed by atoms with Crippen molar-refractivity contribution in [2.24, 2.45) is 0 Å². The van der Waals surface area contributed by atoms with Crippen LogP contribution in [0.2, 0.25) is 0 Å². The van der Waals surface area contributed by atoms with Crippen LogP contribution < -0.4 is 5.32 Å². The molecule has 1 aromatic rings. The van der Waals surface area contributed by atoms with Crippen molar-refractivity contribution in [1.29, 1.82) is 0 Å². The molecular weight excluding hydrogens is 164 g/mol. The Morgan fingerprint density at radius 2 is 2.38 bits per heavy atom. The number of rotatable bonds is 2. The van der Waals surface area contributed by atoms with Gasteiger partial charge in [-0.3, -0.25) is 9.78 Å². The highest BCUT2D eigenvalue weighted by atomic mass is 16.1. The molecule has 1 heterocycles. The van der Waals surface area contributed by atoms with Crippen LogP contribution in [0, 0.1) is 6.92 Å². The second kappa shape index (κ2) is 4.40. The summed E-state index contributed by atoms with van der Waals surface area (Å²) in [6, 6.07) is 3.58. The maximum Gasteiger partial charge on any atom is 0.248 e. The number of pyridine rings is 1. The number of aryl methyl sites for hydroxylation is 1. The summed E-state index contributed by atoms with van der Waals surface area (Å²) in [6.07, 6.45) is 4.85. The quantitative estimate of drug-likeness (QED) is 0.699. The molecule has 1 aromatic heterocycles. The van der Waals surface area contributed by atoms with Gasteiger partial charge in [0.15, 0.2) is 0 Å². The van der Waals surface area contributed by atoms with Crippen molar-refractivity contribution in [2.45, 2.75) is 13.8 Å². The zero-order chi connectivity index (χ0) is 9.68. The molecule has 0 saturated heterocycles. The van der Waals surface area contributed by atoms with E-state index < -0.39 is 0 Å². The van der Waals surface area contributed by atoms with Crippen LogP contribution in [-0.2, 0) is 4.79 Å². The van der Waals surface area contributed by atoms with Crippen molar-refractivity contribution in [3.63, 3.8) is 0 Å². The Labute approximate surface area is 77.5 Å². The number of amides is 1. The Hall–Kier alpha value is -1.64. The van der Waals surface area contributed by atoms with Gasteiger partial charge in [-0.25, -0.2) is 0 Å². The first-order valence-electron chi connectivity index (χ1n) is 4.08. The van der Waals surface area contributed by atoms with Crippen LogP contribution in [-0.4, -0.2) is 10.9 Å². The summed E-state index contributed by atoms with van der Waals surface area (Å²) in [7, 11) is 0. The normalized spacial score (nSPS) is 10.3. The molecule has 1 amide bonds. The number of hydrogen-bond acceptors (Lipinski definition) is 2. The molecule has 0 aromatic carbocycles. The predicted molar refractivity (Wildman–Crippen MR) is 52.4 cm³/mol. The van der Waals surface area contributed by atoms with Gasteiger partial charge >= 0.3 is 0 Å². The van der Waals surface area contributed by atoms with E-state index >= 15 is 0 Å². The van der Waals surface area contributed by atoms with Crippen molar-refractivity contribution < 1.29 is 4.79 Å². The highest BCUT2D eigenvalue weighted by Gasteiger charge is 1.96. The van der Waals surface area contributed by atoms with Gasteiger partial charge in [0.2, 0.25) is 5.91 Å². The number of aromatic nitrogens is 1. The monoisotopic (exact) mass is 176 g/mol. The summed E-state index contributed by atoms with van der Waals surface area (Å²) >= 11 is 0. The molecule has 0 unspecified atom stereocenters. The molecule has 13 heavy (non-hydrogen) atoms. The molecule has 0 aliphatic heterocycles. The SMILES string of the molecule is CC=CC(=O)Nc1ccnc(C)c1. The third kappa shape index (κ3) is 3.07. The molecule has 0 atom stereocenters. The van der Waals surface area contributed by atoms with Crippen LogP contribution in [0.5, 0.6) is 0 Å². The fraction of sp³-hybridized carbons (Fsp3) is 0.200. The predicted octanol–water partition coefficient (Wildman–Crippen LogP) is 1.90. The first kappa shape index (κ1) is 9.45. The molecule has 0 fully saturated rings. The van der Waals surface area contributed by atoms with E-state index in [1.807, 2.05) is 13.0 Å². The second-order valence-electron chi connectivity index (χ2n) is 2.68. The molecule has 0 spiro atoms. The first-order valence-corrected chi connectivity index (χ1v) is 4.08. The Balaban J connectivity index is 2.69. The fourth-order valence-electron chi connectivity index (χ4n) is 0.959. The van der Waals surface area contributed by atoms with Crippen LogP contribution in [0.25, 0.3) is 0 Å². The molecule has 0 aliphatic rings. The van der Waals surface area contributed by atoms with Crippen LogP contribution in [0.3, 0.4) is 0 Å². The Kier molecular flexibility index (Phi) is 3.20. The lowest BCUT2D eigenvalue weighted by Gasteiger charge is -2.01. The Morgan fingerprint density at radius 1 is 1.62 bits per heavy atom. The summed E-state index contributed by atoms with van der Waals surface area (Å²) in [4.78, 5) is 15.1. The van der Waals surface area contributed by atoms with Gasteiger partial charge in [-0.1, -0.05) is 6.08 Å². The highest BCUT2D eigenvalue weighted by molar-refractivity contribution is 5.99. The molecule has 1 rings (SSSR count). The lowest BCUT2D eigenvalue weighted by atomic mass is 10.3. The summed E-state index contributed by atoms with van der Waals surface area (Å²) in [5.74, 6) is -0.117. The first-order chi connectivity index (χ1) is 6.22. The maximum atomic E-state index is 11.1. The number of nitrogens with zero attached hydrogens (tertiary/aromatic N) is 1. The summed E-state index contributed by atoms with van der Waals surface area (Å²) in [5, 5.41) is 2.72. The van der Waals surface area contributed by atoms with E-state index in [4.69, 9.17) is 0 Å². The van der Waals surface area contributed by atoms with Crippen molar-refractivity contribution in [2.75, 3.05) is 5.32 Å². The minimum atomic E-state index is -0.117. The van der Waals surface area contributed by atoms with Gasteiger partial charge in [0, 0.05) is 17.6 Å².